The highest BCUT2D eigenvalue weighted by atomic mass is 32.2. The van der Waals surface area contributed by atoms with Gasteiger partial charge < -0.3 is 9.47 Å². The summed E-state index contributed by atoms with van der Waals surface area (Å²) in [6, 6.07) is 14.6. The summed E-state index contributed by atoms with van der Waals surface area (Å²) in [6.45, 7) is 1.40. The Balaban J connectivity index is 1.74. The van der Waals surface area contributed by atoms with Crippen molar-refractivity contribution in [2.45, 2.75) is 23.8 Å². The molecule has 0 spiro atoms. The number of likely N-dealkylation sites (tertiary alicyclic amines) is 1. The molecule has 0 bridgehead atoms. The van der Waals surface area contributed by atoms with Gasteiger partial charge in [-0.25, -0.2) is 13.1 Å². The molecule has 3 rings (SSSR count). The SMILES string of the molecule is COc1ccc(C2C(CNS(=O)(=O)c3ccc(OC)cc3)CCCN2C)cc1. The van der Waals surface area contributed by atoms with Crippen LogP contribution in [0.2, 0.25) is 0 Å². The van der Waals surface area contributed by atoms with Crippen molar-refractivity contribution < 1.29 is 17.9 Å². The normalized spacial score (nSPS) is 20.7. The molecule has 152 valence electrons. The lowest BCUT2D eigenvalue weighted by Crippen LogP contribution is -2.41. The quantitative estimate of drug-likeness (QED) is 0.768. The molecule has 7 heteroatoms. The van der Waals surface area contributed by atoms with E-state index in [1.165, 1.54) is 5.56 Å². The van der Waals surface area contributed by atoms with Crippen molar-refractivity contribution in [3.8, 4) is 11.5 Å². The Morgan fingerprint density at radius 2 is 1.57 bits per heavy atom. The van der Waals surface area contributed by atoms with Crippen molar-refractivity contribution >= 4 is 10.0 Å². The summed E-state index contributed by atoms with van der Waals surface area (Å²) in [6.07, 6.45) is 2.03. The van der Waals surface area contributed by atoms with E-state index in [1.807, 2.05) is 12.1 Å². The molecule has 1 fully saturated rings. The van der Waals surface area contributed by atoms with Gasteiger partial charge in [-0.2, -0.15) is 0 Å². The van der Waals surface area contributed by atoms with Crippen LogP contribution in [0.3, 0.4) is 0 Å². The molecule has 1 heterocycles. The first kappa shape index (κ1) is 20.6. The fourth-order valence-corrected chi connectivity index (χ4v) is 4.95. The summed E-state index contributed by atoms with van der Waals surface area (Å²) in [5.74, 6) is 1.64. The van der Waals surface area contributed by atoms with E-state index in [-0.39, 0.29) is 16.9 Å². The second-order valence-corrected chi connectivity index (χ2v) is 8.90. The van der Waals surface area contributed by atoms with Gasteiger partial charge >= 0.3 is 0 Å². The Morgan fingerprint density at radius 1 is 1.00 bits per heavy atom. The minimum Gasteiger partial charge on any atom is -0.497 e. The maximum Gasteiger partial charge on any atom is 0.240 e. The van der Waals surface area contributed by atoms with Gasteiger partial charge in [-0.1, -0.05) is 12.1 Å². The van der Waals surface area contributed by atoms with E-state index in [0.29, 0.717) is 12.3 Å². The van der Waals surface area contributed by atoms with Gasteiger partial charge in [0.25, 0.3) is 0 Å². The zero-order chi connectivity index (χ0) is 20.1. The number of ether oxygens (including phenoxy) is 2. The highest BCUT2D eigenvalue weighted by Gasteiger charge is 2.31. The number of rotatable bonds is 7. The summed E-state index contributed by atoms with van der Waals surface area (Å²) in [5.41, 5.74) is 1.18. The molecule has 0 radical (unpaired) electrons. The van der Waals surface area contributed by atoms with Crippen molar-refractivity contribution in [1.29, 1.82) is 0 Å². The molecule has 1 N–H and O–H groups in total. The Labute approximate surface area is 167 Å². The number of methoxy groups -OCH3 is 2. The monoisotopic (exact) mass is 404 g/mol. The summed E-state index contributed by atoms with van der Waals surface area (Å²) in [4.78, 5) is 2.55. The Hall–Kier alpha value is -2.09. The summed E-state index contributed by atoms with van der Waals surface area (Å²) < 4.78 is 38.6. The van der Waals surface area contributed by atoms with Gasteiger partial charge in [-0.05, 0) is 74.3 Å². The maximum atomic E-state index is 12.7. The molecule has 1 aliphatic rings. The van der Waals surface area contributed by atoms with Crippen LogP contribution in [0.5, 0.6) is 11.5 Å². The molecule has 2 atom stereocenters. The van der Waals surface area contributed by atoms with Gasteiger partial charge in [0.05, 0.1) is 19.1 Å². The predicted octanol–water partition coefficient (Wildman–Crippen LogP) is 3.07. The minimum atomic E-state index is -3.56. The molecule has 0 saturated carbocycles. The van der Waals surface area contributed by atoms with E-state index >= 15 is 0 Å². The smallest absolute Gasteiger partial charge is 0.240 e. The third-order valence-corrected chi connectivity index (χ3v) is 6.81. The first-order chi connectivity index (χ1) is 13.4. The van der Waals surface area contributed by atoms with Crippen molar-refractivity contribution in [3.05, 3.63) is 54.1 Å². The molecule has 6 nitrogen and oxygen atoms in total. The van der Waals surface area contributed by atoms with Gasteiger partial charge in [0.15, 0.2) is 0 Å². The van der Waals surface area contributed by atoms with Crippen molar-refractivity contribution in [1.82, 2.24) is 9.62 Å². The zero-order valence-corrected chi connectivity index (χ0v) is 17.4. The molecule has 0 aromatic heterocycles. The summed E-state index contributed by atoms with van der Waals surface area (Å²) in [5, 5.41) is 0. The molecule has 1 aliphatic heterocycles. The molecular weight excluding hydrogens is 376 g/mol. The van der Waals surface area contributed by atoms with E-state index < -0.39 is 10.0 Å². The lowest BCUT2D eigenvalue weighted by Gasteiger charge is -2.39. The maximum absolute atomic E-state index is 12.7. The molecule has 0 aliphatic carbocycles. The standard InChI is InChI=1S/C21H28N2O4S/c1-23-14-4-5-17(21(23)16-6-8-18(26-2)9-7-16)15-22-28(24,25)20-12-10-19(27-3)11-13-20/h6-13,17,21-22H,4-5,14-15H2,1-3H3. The Bertz CT molecular complexity index is 866. The molecule has 2 aromatic rings. The third-order valence-electron chi connectivity index (χ3n) is 5.37. The van der Waals surface area contributed by atoms with Gasteiger partial charge in [0.2, 0.25) is 10.0 Å². The molecule has 2 unspecified atom stereocenters. The van der Waals surface area contributed by atoms with Crippen LogP contribution in [-0.2, 0) is 10.0 Å². The van der Waals surface area contributed by atoms with E-state index in [2.05, 4.69) is 28.8 Å². The average Bonchev–Trinajstić information content (AvgIpc) is 2.72. The lowest BCUT2D eigenvalue weighted by molar-refractivity contribution is 0.123. The predicted molar refractivity (Wildman–Crippen MR) is 109 cm³/mol. The Morgan fingerprint density at radius 3 is 2.14 bits per heavy atom. The van der Waals surface area contributed by atoms with E-state index in [9.17, 15) is 8.42 Å². The molecule has 1 saturated heterocycles. The van der Waals surface area contributed by atoms with Crippen LogP contribution >= 0.6 is 0 Å². The van der Waals surface area contributed by atoms with Crippen LogP contribution in [0.15, 0.2) is 53.4 Å². The van der Waals surface area contributed by atoms with Crippen LogP contribution in [0.25, 0.3) is 0 Å². The van der Waals surface area contributed by atoms with Crippen molar-refractivity contribution in [2.24, 2.45) is 5.92 Å². The van der Waals surface area contributed by atoms with E-state index in [1.54, 1.807) is 38.5 Å². The number of hydrogen-bond acceptors (Lipinski definition) is 5. The summed E-state index contributed by atoms with van der Waals surface area (Å²) >= 11 is 0. The molecule has 2 aromatic carbocycles. The molecule has 28 heavy (non-hydrogen) atoms. The number of nitrogens with zero attached hydrogens (tertiary/aromatic N) is 1. The van der Waals surface area contributed by atoms with Crippen LogP contribution in [0, 0.1) is 5.92 Å². The Kier molecular flexibility index (Phi) is 6.59. The number of hydrogen-bond donors (Lipinski definition) is 1. The largest absolute Gasteiger partial charge is 0.497 e. The number of benzene rings is 2. The van der Waals surface area contributed by atoms with Crippen molar-refractivity contribution in [2.75, 3.05) is 34.4 Å². The van der Waals surface area contributed by atoms with Crippen LogP contribution in [0.1, 0.15) is 24.4 Å². The highest BCUT2D eigenvalue weighted by Crippen LogP contribution is 2.35. The van der Waals surface area contributed by atoms with Crippen LogP contribution < -0.4 is 14.2 Å². The third kappa shape index (κ3) is 4.66. The first-order valence-electron chi connectivity index (χ1n) is 9.42. The van der Waals surface area contributed by atoms with Gasteiger partial charge in [-0.3, -0.25) is 4.90 Å². The molecule has 0 amide bonds. The number of nitrogens with one attached hydrogen (secondary N) is 1. The topological polar surface area (TPSA) is 67.9 Å². The fraction of sp³-hybridized carbons (Fsp3) is 0.429. The number of piperidine rings is 1. The minimum absolute atomic E-state index is 0.165. The van der Waals surface area contributed by atoms with Gasteiger partial charge in [-0.15, -0.1) is 0 Å². The lowest BCUT2D eigenvalue weighted by atomic mass is 9.85. The van der Waals surface area contributed by atoms with Crippen LogP contribution in [0.4, 0.5) is 0 Å². The van der Waals surface area contributed by atoms with Crippen molar-refractivity contribution in [3.63, 3.8) is 0 Å². The van der Waals surface area contributed by atoms with Crippen LogP contribution in [-0.4, -0.2) is 47.7 Å². The second kappa shape index (κ2) is 8.94. The highest BCUT2D eigenvalue weighted by molar-refractivity contribution is 7.89. The number of sulfonamides is 1. The van der Waals surface area contributed by atoms with Gasteiger partial charge in [0, 0.05) is 12.6 Å². The molecular formula is C21H28N2O4S. The zero-order valence-electron chi connectivity index (χ0n) is 16.6. The fourth-order valence-electron chi connectivity index (χ4n) is 3.86. The average molecular weight is 405 g/mol. The summed E-state index contributed by atoms with van der Waals surface area (Å²) in [7, 11) is 1.74. The second-order valence-electron chi connectivity index (χ2n) is 7.13. The van der Waals surface area contributed by atoms with E-state index in [4.69, 9.17) is 9.47 Å². The van der Waals surface area contributed by atoms with E-state index in [0.717, 1.165) is 25.1 Å². The first-order valence-corrected chi connectivity index (χ1v) is 10.9. The van der Waals surface area contributed by atoms with Gasteiger partial charge in [0.1, 0.15) is 11.5 Å².